The van der Waals surface area contributed by atoms with E-state index < -0.39 is 35.7 Å². The molecule has 0 radical (unpaired) electrons. The first kappa shape index (κ1) is 34.2. The van der Waals surface area contributed by atoms with Crippen LogP contribution in [0.2, 0.25) is 0 Å². The summed E-state index contributed by atoms with van der Waals surface area (Å²) in [4.78, 5) is 50.1. The topological polar surface area (TPSA) is 129 Å². The standard InChI is InChI=1S/C34H44N2O8/c1-5-41-31(37)29(32(38)42-6-2)25-11-9-13-27(19-25)35-21-23-15-17-24(18-16-23)22-36-28-14-10-12-26(20-28)30(33(39)43-7-3)34(40)44-8-4/h13-20,29-30,35-36H,5-12,21-22H2,1-4H3. The number of benzene rings is 1. The second-order valence-electron chi connectivity index (χ2n) is 10.2. The van der Waals surface area contributed by atoms with Gasteiger partial charge >= 0.3 is 23.9 Å². The van der Waals surface area contributed by atoms with Crippen molar-refractivity contribution in [3.8, 4) is 0 Å². The number of esters is 4. The predicted octanol–water partition coefficient (Wildman–Crippen LogP) is 4.56. The maximum Gasteiger partial charge on any atom is 0.324 e. The van der Waals surface area contributed by atoms with Gasteiger partial charge in [0.1, 0.15) is 0 Å². The molecule has 0 unspecified atom stereocenters. The Morgan fingerprint density at radius 1 is 0.591 bits per heavy atom. The van der Waals surface area contributed by atoms with Crippen LogP contribution in [0, 0.1) is 11.8 Å². The number of carbonyl (C=O) groups is 4. The van der Waals surface area contributed by atoms with Crippen molar-refractivity contribution in [3.05, 3.63) is 82.2 Å². The van der Waals surface area contributed by atoms with Gasteiger partial charge in [0.05, 0.1) is 26.4 Å². The number of carbonyl (C=O) groups excluding carboxylic acids is 4. The normalized spacial score (nSPS) is 14.5. The maximum absolute atomic E-state index is 12.5. The zero-order valence-corrected chi connectivity index (χ0v) is 26.1. The summed E-state index contributed by atoms with van der Waals surface area (Å²) >= 11 is 0. The molecule has 0 bridgehead atoms. The Hall–Kier alpha value is -4.34. The lowest BCUT2D eigenvalue weighted by molar-refractivity contribution is -0.161. The van der Waals surface area contributed by atoms with Crippen LogP contribution in [0.4, 0.5) is 0 Å². The second kappa shape index (κ2) is 17.7. The molecule has 0 saturated heterocycles. The van der Waals surface area contributed by atoms with E-state index >= 15 is 0 Å². The minimum atomic E-state index is -1.06. The lowest BCUT2D eigenvalue weighted by atomic mass is 9.90. The highest BCUT2D eigenvalue weighted by atomic mass is 16.6. The number of hydrogen-bond acceptors (Lipinski definition) is 10. The molecule has 238 valence electrons. The number of nitrogens with one attached hydrogen (secondary N) is 2. The lowest BCUT2D eigenvalue weighted by Crippen LogP contribution is -2.31. The quantitative estimate of drug-likeness (QED) is 0.157. The molecule has 10 nitrogen and oxygen atoms in total. The monoisotopic (exact) mass is 608 g/mol. The van der Waals surface area contributed by atoms with Crippen molar-refractivity contribution >= 4 is 23.9 Å². The number of rotatable bonds is 16. The predicted molar refractivity (Wildman–Crippen MR) is 164 cm³/mol. The van der Waals surface area contributed by atoms with Gasteiger partial charge in [-0.25, -0.2) is 0 Å². The van der Waals surface area contributed by atoms with Crippen molar-refractivity contribution in [1.82, 2.24) is 10.6 Å². The number of ether oxygens (including phenoxy) is 4. The van der Waals surface area contributed by atoms with Gasteiger partial charge in [0.2, 0.25) is 0 Å². The van der Waals surface area contributed by atoms with Gasteiger partial charge in [-0.15, -0.1) is 0 Å². The molecule has 1 aromatic carbocycles. The van der Waals surface area contributed by atoms with Crippen molar-refractivity contribution in [2.45, 2.75) is 66.5 Å². The Morgan fingerprint density at radius 2 is 0.909 bits per heavy atom. The first-order chi connectivity index (χ1) is 21.3. The van der Waals surface area contributed by atoms with Crippen molar-refractivity contribution in [3.63, 3.8) is 0 Å². The molecule has 0 aliphatic heterocycles. The van der Waals surface area contributed by atoms with E-state index in [0.717, 1.165) is 22.5 Å². The van der Waals surface area contributed by atoms with Crippen molar-refractivity contribution in [2.24, 2.45) is 11.8 Å². The van der Waals surface area contributed by atoms with Gasteiger partial charge in [0.25, 0.3) is 0 Å². The zero-order valence-electron chi connectivity index (χ0n) is 26.1. The molecule has 0 spiro atoms. The highest BCUT2D eigenvalue weighted by Gasteiger charge is 2.35. The van der Waals surface area contributed by atoms with Crippen LogP contribution in [0.25, 0.3) is 0 Å². The fraction of sp³-hybridized carbons (Fsp3) is 0.471. The Bertz CT molecular complexity index is 1160. The van der Waals surface area contributed by atoms with Gasteiger partial charge in [0, 0.05) is 24.5 Å². The third-order valence-corrected chi connectivity index (χ3v) is 7.12. The highest BCUT2D eigenvalue weighted by molar-refractivity contribution is 5.99. The molecule has 2 aliphatic carbocycles. The summed E-state index contributed by atoms with van der Waals surface area (Å²) < 4.78 is 20.6. The van der Waals surface area contributed by atoms with E-state index in [2.05, 4.69) is 10.6 Å². The molecule has 0 atom stereocenters. The van der Waals surface area contributed by atoms with E-state index in [1.807, 2.05) is 48.6 Å². The Balaban J connectivity index is 1.59. The first-order valence-corrected chi connectivity index (χ1v) is 15.3. The average molecular weight is 609 g/mol. The van der Waals surface area contributed by atoms with Crippen LogP contribution in [-0.2, 0) is 51.2 Å². The molecule has 44 heavy (non-hydrogen) atoms. The third-order valence-electron chi connectivity index (χ3n) is 7.12. The summed E-state index contributed by atoms with van der Waals surface area (Å²) in [5.74, 6) is -4.46. The summed E-state index contributed by atoms with van der Waals surface area (Å²) in [5.41, 5.74) is 5.16. The van der Waals surface area contributed by atoms with E-state index in [1.54, 1.807) is 27.7 Å². The summed E-state index contributed by atoms with van der Waals surface area (Å²) in [5, 5.41) is 6.78. The summed E-state index contributed by atoms with van der Waals surface area (Å²) in [7, 11) is 0. The van der Waals surface area contributed by atoms with E-state index in [-0.39, 0.29) is 26.4 Å². The van der Waals surface area contributed by atoms with Crippen LogP contribution in [-0.4, -0.2) is 50.3 Å². The molecule has 0 fully saturated rings. The van der Waals surface area contributed by atoms with Crippen molar-refractivity contribution in [1.29, 1.82) is 0 Å². The number of hydrogen-bond donors (Lipinski definition) is 2. The van der Waals surface area contributed by atoms with Gasteiger partial charge in [-0.05, 0) is 87.8 Å². The zero-order chi connectivity index (χ0) is 31.9. The number of allylic oxidation sites excluding steroid dienone is 4. The van der Waals surface area contributed by atoms with Crippen LogP contribution in [0.5, 0.6) is 0 Å². The Morgan fingerprint density at radius 3 is 1.20 bits per heavy atom. The molecule has 0 amide bonds. The maximum atomic E-state index is 12.5. The minimum absolute atomic E-state index is 0.190. The van der Waals surface area contributed by atoms with E-state index in [1.165, 1.54) is 0 Å². The van der Waals surface area contributed by atoms with Gasteiger partial charge in [-0.1, -0.05) is 36.4 Å². The molecule has 0 heterocycles. The third kappa shape index (κ3) is 9.86. The molecule has 1 aromatic rings. The molecule has 10 heteroatoms. The van der Waals surface area contributed by atoms with Crippen molar-refractivity contribution < 1.29 is 38.1 Å². The SMILES string of the molecule is CCOC(=O)C(C(=O)OCC)C1=CC(NCc2ccc(CNC3=CCCC(C(C(=O)OCC)C(=O)OCC)=C3)cc2)=CCC1. The van der Waals surface area contributed by atoms with Crippen LogP contribution in [0.1, 0.15) is 64.5 Å². The van der Waals surface area contributed by atoms with E-state index in [4.69, 9.17) is 18.9 Å². The summed E-state index contributed by atoms with van der Waals surface area (Å²) in [6.45, 7) is 8.72. The average Bonchev–Trinajstić information content (AvgIpc) is 3.01. The smallest absolute Gasteiger partial charge is 0.324 e. The molecule has 3 rings (SSSR count). The van der Waals surface area contributed by atoms with Gasteiger partial charge < -0.3 is 29.6 Å². The lowest BCUT2D eigenvalue weighted by Gasteiger charge is -2.21. The highest BCUT2D eigenvalue weighted by Crippen LogP contribution is 2.27. The fourth-order valence-corrected chi connectivity index (χ4v) is 5.04. The van der Waals surface area contributed by atoms with Crippen LogP contribution in [0.3, 0.4) is 0 Å². The van der Waals surface area contributed by atoms with E-state index in [9.17, 15) is 19.2 Å². The van der Waals surface area contributed by atoms with Gasteiger partial charge in [-0.2, -0.15) is 0 Å². The van der Waals surface area contributed by atoms with Crippen LogP contribution < -0.4 is 10.6 Å². The largest absolute Gasteiger partial charge is 0.465 e. The van der Waals surface area contributed by atoms with E-state index in [0.29, 0.717) is 49.9 Å². The molecule has 2 N–H and O–H groups in total. The molecule has 0 aromatic heterocycles. The molecule has 2 aliphatic rings. The molecular weight excluding hydrogens is 564 g/mol. The van der Waals surface area contributed by atoms with Gasteiger partial charge in [0.15, 0.2) is 11.8 Å². The summed E-state index contributed by atoms with van der Waals surface area (Å²) in [6.07, 6.45) is 10.3. The fourth-order valence-electron chi connectivity index (χ4n) is 5.04. The molecular formula is C34H44N2O8. The van der Waals surface area contributed by atoms with Gasteiger partial charge in [-0.3, -0.25) is 19.2 Å². The van der Waals surface area contributed by atoms with Crippen molar-refractivity contribution in [2.75, 3.05) is 26.4 Å². The Kier molecular flexibility index (Phi) is 13.7. The first-order valence-electron chi connectivity index (χ1n) is 15.3. The Labute approximate surface area is 259 Å². The second-order valence-corrected chi connectivity index (χ2v) is 10.2. The minimum Gasteiger partial charge on any atom is -0.465 e. The summed E-state index contributed by atoms with van der Waals surface area (Å²) in [6, 6.07) is 8.14. The van der Waals surface area contributed by atoms with Crippen LogP contribution in [0.15, 0.2) is 71.1 Å². The molecule has 0 saturated carbocycles. The van der Waals surface area contributed by atoms with Crippen LogP contribution >= 0.6 is 0 Å².